The Balaban J connectivity index is 1.83. The average Bonchev–Trinajstić information content (AvgIpc) is 2.85. The lowest BCUT2D eigenvalue weighted by Crippen LogP contribution is -2.51. The van der Waals surface area contributed by atoms with E-state index in [1.165, 1.54) is 11.9 Å². The number of hydrogen-bond donors (Lipinski definition) is 2. The summed E-state index contributed by atoms with van der Waals surface area (Å²) < 4.78 is 33.4. The maximum atomic E-state index is 14.2. The highest BCUT2D eigenvalue weighted by Crippen LogP contribution is 2.33. The fraction of sp³-hybridized carbons (Fsp3) is 0.429. The minimum atomic E-state index is -1.29. The minimum Gasteiger partial charge on any atom is -0.465 e. The standard InChI is InChI=1S/C14H15F2N3O5/c1-17(13(21)22)11-6-19(14(23)24-11)7-2-9(15)12(10(16)3-7)18-4-8(20)5-18/h2-3,8,11,20H,4-6H2,1H3,(H,21,22)/t11-/m0/s1. The van der Waals surface area contributed by atoms with Gasteiger partial charge in [0, 0.05) is 32.3 Å². The number of anilines is 2. The number of aliphatic hydroxyl groups excluding tert-OH is 1. The zero-order valence-corrected chi connectivity index (χ0v) is 12.6. The molecule has 1 aromatic rings. The lowest BCUT2D eigenvalue weighted by atomic mass is 10.1. The topological polar surface area (TPSA) is 93.6 Å². The molecular weight excluding hydrogens is 328 g/mol. The molecule has 130 valence electrons. The molecule has 0 bridgehead atoms. The van der Waals surface area contributed by atoms with Crippen molar-refractivity contribution in [3.63, 3.8) is 0 Å². The number of cyclic esters (lactones) is 1. The predicted octanol–water partition coefficient (Wildman–Crippen LogP) is 1.04. The minimum absolute atomic E-state index is 0.0684. The molecule has 2 saturated heterocycles. The average molecular weight is 343 g/mol. The number of nitrogens with zero attached hydrogens (tertiary/aromatic N) is 3. The molecule has 1 aromatic carbocycles. The summed E-state index contributed by atoms with van der Waals surface area (Å²) in [6.45, 7) is 0.0805. The molecule has 2 heterocycles. The van der Waals surface area contributed by atoms with Crippen LogP contribution in [0.5, 0.6) is 0 Å². The number of amides is 2. The Kier molecular flexibility index (Phi) is 3.91. The van der Waals surface area contributed by atoms with E-state index in [2.05, 4.69) is 0 Å². The molecule has 2 aliphatic heterocycles. The summed E-state index contributed by atoms with van der Waals surface area (Å²) in [5.41, 5.74) is -0.336. The summed E-state index contributed by atoms with van der Waals surface area (Å²) in [6.07, 6.45) is -3.87. The summed E-state index contributed by atoms with van der Waals surface area (Å²) in [4.78, 5) is 25.9. The van der Waals surface area contributed by atoms with Gasteiger partial charge in [0.25, 0.3) is 0 Å². The van der Waals surface area contributed by atoms with Crippen LogP contribution in [0.1, 0.15) is 0 Å². The lowest BCUT2D eigenvalue weighted by Gasteiger charge is -2.38. The van der Waals surface area contributed by atoms with Gasteiger partial charge in [-0.15, -0.1) is 0 Å². The van der Waals surface area contributed by atoms with E-state index < -0.39 is 36.2 Å². The highest BCUT2D eigenvalue weighted by Gasteiger charge is 2.38. The Morgan fingerprint density at radius 1 is 1.29 bits per heavy atom. The van der Waals surface area contributed by atoms with Crippen molar-refractivity contribution in [2.75, 3.05) is 36.5 Å². The number of benzene rings is 1. The van der Waals surface area contributed by atoms with E-state index in [0.29, 0.717) is 0 Å². The Bertz CT molecular complexity index is 672. The van der Waals surface area contributed by atoms with Crippen molar-refractivity contribution in [2.45, 2.75) is 12.3 Å². The smallest absolute Gasteiger partial charge is 0.416 e. The van der Waals surface area contributed by atoms with Crippen molar-refractivity contribution in [3.05, 3.63) is 23.8 Å². The van der Waals surface area contributed by atoms with Gasteiger partial charge < -0.3 is 19.8 Å². The molecule has 2 aliphatic rings. The molecule has 1 atom stereocenters. The van der Waals surface area contributed by atoms with Crippen molar-refractivity contribution < 1.29 is 33.3 Å². The second kappa shape index (κ2) is 5.78. The summed E-state index contributed by atoms with van der Waals surface area (Å²) in [5, 5.41) is 18.1. The number of rotatable bonds is 3. The molecule has 0 aliphatic carbocycles. The van der Waals surface area contributed by atoms with Gasteiger partial charge in [-0.25, -0.2) is 18.4 Å². The number of ether oxygens (including phenoxy) is 1. The van der Waals surface area contributed by atoms with E-state index in [0.717, 1.165) is 21.9 Å². The first-order valence-electron chi connectivity index (χ1n) is 7.14. The molecule has 10 heteroatoms. The van der Waals surface area contributed by atoms with Crippen LogP contribution in [0.15, 0.2) is 12.1 Å². The maximum absolute atomic E-state index is 14.2. The van der Waals surface area contributed by atoms with Gasteiger partial charge >= 0.3 is 12.2 Å². The Morgan fingerprint density at radius 3 is 2.38 bits per heavy atom. The van der Waals surface area contributed by atoms with Crippen LogP contribution >= 0.6 is 0 Å². The summed E-state index contributed by atoms with van der Waals surface area (Å²) in [6, 6.07) is 1.96. The predicted molar refractivity (Wildman–Crippen MR) is 78.0 cm³/mol. The summed E-state index contributed by atoms with van der Waals surface area (Å²) in [7, 11) is 1.23. The molecule has 2 N–H and O–H groups in total. The van der Waals surface area contributed by atoms with E-state index in [4.69, 9.17) is 9.84 Å². The lowest BCUT2D eigenvalue weighted by molar-refractivity contribution is 0.0415. The molecule has 3 rings (SSSR count). The number of aliphatic hydroxyl groups is 1. The fourth-order valence-corrected chi connectivity index (χ4v) is 2.63. The number of hydrogen-bond acceptors (Lipinski definition) is 5. The number of carbonyl (C=O) groups excluding carboxylic acids is 1. The number of carbonyl (C=O) groups is 2. The third kappa shape index (κ3) is 2.68. The van der Waals surface area contributed by atoms with Crippen LogP contribution in [0.4, 0.5) is 29.7 Å². The van der Waals surface area contributed by atoms with E-state index in [1.807, 2.05) is 0 Å². The Morgan fingerprint density at radius 2 is 1.88 bits per heavy atom. The second-order valence-corrected chi connectivity index (χ2v) is 5.66. The number of halogens is 2. The third-order valence-electron chi connectivity index (χ3n) is 4.02. The third-order valence-corrected chi connectivity index (χ3v) is 4.02. The molecule has 2 amide bonds. The molecule has 0 radical (unpaired) electrons. The number of carboxylic acid groups (broad SMARTS) is 1. The Hall–Kier alpha value is -2.62. The summed E-state index contributed by atoms with van der Waals surface area (Å²) >= 11 is 0. The SMILES string of the molecule is CN(C(=O)O)[C@@H]1CN(c2cc(F)c(N3CC(O)C3)c(F)c2)C(=O)O1. The van der Waals surface area contributed by atoms with Gasteiger partial charge in [0.15, 0.2) is 17.9 Å². The summed E-state index contributed by atoms with van der Waals surface area (Å²) in [5.74, 6) is -1.75. The van der Waals surface area contributed by atoms with Crippen LogP contribution in [0.3, 0.4) is 0 Å². The van der Waals surface area contributed by atoms with Crippen molar-refractivity contribution in [2.24, 2.45) is 0 Å². The highest BCUT2D eigenvalue weighted by atomic mass is 19.1. The van der Waals surface area contributed by atoms with Crippen LogP contribution < -0.4 is 9.80 Å². The van der Waals surface area contributed by atoms with Gasteiger partial charge in [0.1, 0.15) is 5.69 Å². The normalized spacial score (nSPS) is 20.8. The Labute approximate surface area is 135 Å². The molecule has 0 aromatic heterocycles. The van der Waals surface area contributed by atoms with Gasteiger partial charge in [-0.2, -0.15) is 0 Å². The van der Waals surface area contributed by atoms with Gasteiger partial charge in [-0.05, 0) is 0 Å². The largest absolute Gasteiger partial charge is 0.465 e. The van der Waals surface area contributed by atoms with E-state index >= 15 is 0 Å². The monoisotopic (exact) mass is 343 g/mol. The molecule has 24 heavy (non-hydrogen) atoms. The van der Waals surface area contributed by atoms with Crippen molar-refractivity contribution >= 4 is 23.6 Å². The zero-order valence-electron chi connectivity index (χ0n) is 12.6. The van der Waals surface area contributed by atoms with Gasteiger partial charge in [0.05, 0.1) is 18.3 Å². The molecule has 0 saturated carbocycles. The first kappa shape index (κ1) is 16.2. The first-order valence-corrected chi connectivity index (χ1v) is 7.14. The molecular formula is C14H15F2N3O5. The fourth-order valence-electron chi connectivity index (χ4n) is 2.63. The van der Waals surface area contributed by atoms with Gasteiger partial charge in [-0.1, -0.05) is 0 Å². The van der Waals surface area contributed by atoms with Crippen LogP contribution in [-0.4, -0.2) is 66.3 Å². The quantitative estimate of drug-likeness (QED) is 0.852. The molecule has 8 nitrogen and oxygen atoms in total. The highest BCUT2D eigenvalue weighted by molar-refractivity contribution is 5.90. The molecule has 0 unspecified atom stereocenters. The van der Waals surface area contributed by atoms with Crippen molar-refractivity contribution in [1.82, 2.24) is 4.90 Å². The van der Waals surface area contributed by atoms with Crippen molar-refractivity contribution in [3.8, 4) is 0 Å². The van der Waals surface area contributed by atoms with E-state index in [-0.39, 0.29) is 31.0 Å². The number of β-amino-alcohol motifs (C(OH)–C–C–N with tert-alkyl or cyclic N) is 1. The van der Waals surface area contributed by atoms with E-state index in [1.54, 1.807) is 0 Å². The number of likely N-dealkylation sites (N-methyl/N-ethyl adjacent to an activating group) is 1. The first-order chi connectivity index (χ1) is 11.3. The van der Waals surface area contributed by atoms with Crippen LogP contribution in [0.25, 0.3) is 0 Å². The molecule has 2 fully saturated rings. The van der Waals surface area contributed by atoms with Crippen LogP contribution in [0, 0.1) is 11.6 Å². The van der Waals surface area contributed by atoms with Crippen LogP contribution in [-0.2, 0) is 4.74 Å². The van der Waals surface area contributed by atoms with Gasteiger partial charge in [-0.3, -0.25) is 9.80 Å². The zero-order chi connectivity index (χ0) is 17.6. The van der Waals surface area contributed by atoms with Crippen LogP contribution in [0.2, 0.25) is 0 Å². The van der Waals surface area contributed by atoms with Crippen molar-refractivity contribution in [1.29, 1.82) is 0 Å². The second-order valence-electron chi connectivity index (χ2n) is 5.66. The maximum Gasteiger partial charge on any atom is 0.416 e. The van der Waals surface area contributed by atoms with Gasteiger partial charge in [0.2, 0.25) is 0 Å². The van der Waals surface area contributed by atoms with E-state index in [9.17, 15) is 23.5 Å². The molecule has 0 spiro atoms.